The smallest absolute Gasteiger partial charge is 0.416 e. The van der Waals surface area contributed by atoms with Crippen molar-refractivity contribution in [2.24, 2.45) is 0 Å². The highest BCUT2D eigenvalue weighted by Gasteiger charge is 2.31. The van der Waals surface area contributed by atoms with E-state index < -0.39 is 29.7 Å². The summed E-state index contributed by atoms with van der Waals surface area (Å²) in [6.07, 6.45) is -6.00. The molecule has 25 heavy (non-hydrogen) atoms. The van der Waals surface area contributed by atoms with Gasteiger partial charge in [-0.05, 0) is 25.1 Å². The number of ether oxygens (including phenoxy) is 1. The molecular formula is C15H16ClF3N2O4. The van der Waals surface area contributed by atoms with Crippen LogP contribution >= 0.6 is 11.6 Å². The van der Waals surface area contributed by atoms with Gasteiger partial charge in [0.15, 0.2) is 6.10 Å². The molecule has 0 fully saturated rings. The molecule has 0 aliphatic rings. The van der Waals surface area contributed by atoms with E-state index in [9.17, 15) is 27.6 Å². The van der Waals surface area contributed by atoms with Gasteiger partial charge in [0, 0.05) is 13.5 Å². The molecule has 10 heteroatoms. The van der Waals surface area contributed by atoms with Crippen molar-refractivity contribution in [3.05, 3.63) is 28.8 Å². The fourth-order valence-electron chi connectivity index (χ4n) is 1.68. The normalized spacial score (nSPS) is 12.2. The Hall–Kier alpha value is -2.29. The van der Waals surface area contributed by atoms with Gasteiger partial charge in [-0.3, -0.25) is 14.4 Å². The summed E-state index contributed by atoms with van der Waals surface area (Å²) in [5, 5.41) is 4.47. The molecule has 0 radical (unpaired) electrons. The number of carbonyl (C=O) groups excluding carboxylic acids is 3. The van der Waals surface area contributed by atoms with Gasteiger partial charge in [0.2, 0.25) is 5.91 Å². The maximum Gasteiger partial charge on any atom is 0.416 e. The van der Waals surface area contributed by atoms with Crippen LogP contribution in [0, 0.1) is 0 Å². The predicted molar refractivity (Wildman–Crippen MR) is 83.9 cm³/mol. The third-order valence-corrected chi connectivity index (χ3v) is 3.26. The lowest BCUT2D eigenvalue weighted by molar-refractivity contribution is -0.153. The first kappa shape index (κ1) is 20.8. The first-order valence-corrected chi connectivity index (χ1v) is 7.50. The SMILES string of the molecule is CC(=O)NCCC(=O)O[C@@H](C)C(=O)Nc1cc(C(F)(F)F)ccc1Cl. The van der Waals surface area contributed by atoms with E-state index in [0.717, 1.165) is 12.1 Å². The molecule has 1 aromatic rings. The summed E-state index contributed by atoms with van der Waals surface area (Å²) in [6, 6.07) is 2.47. The molecule has 2 N–H and O–H groups in total. The number of esters is 1. The van der Waals surface area contributed by atoms with Crippen LogP contribution in [0.15, 0.2) is 18.2 Å². The van der Waals surface area contributed by atoms with Crippen LogP contribution in [0.3, 0.4) is 0 Å². The van der Waals surface area contributed by atoms with Crippen LogP contribution in [0.1, 0.15) is 25.8 Å². The van der Waals surface area contributed by atoms with Gasteiger partial charge in [-0.2, -0.15) is 13.2 Å². The number of benzene rings is 1. The van der Waals surface area contributed by atoms with Crippen LogP contribution < -0.4 is 10.6 Å². The second-order valence-corrected chi connectivity index (χ2v) is 5.45. The molecule has 1 aromatic carbocycles. The van der Waals surface area contributed by atoms with E-state index in [1.54, 1.807) is 0 Å². The minimum absolute atomic E-state index is 0.0436. The third-order valence-electron chi connectivity index (χ3n) is 2.93. The molecule has 0 saturated heterocycles. The second kappa shape index (κ2) is 8.70. The van der Waals surface area contributed by atoms with Gasteiger partial charge in [0.1, 0.15) is 0 Å². The molecular weight excluding hydrogens is 365 g/mol. The lowest BCUT2D eigenvalue weighted by Crippen LogP contribution is -2.31. The zero-order valence-electron chi connectivity index (χ0n) is 13.4. The number of anilines is 1. The van der Waals surface area contributed by atoms with Crippen molar-refractivity contribution in [2.75, 3.05) is 11.9 Å². The quantitative estimate of drug-likeness (QED) is 0.743. The van der Waals surface area contributed by atoms with Crippen molar-refractivity contribution in [3.8, 4) is 0 Å². The Morgan fingerprint density at radius 2 is 1.92 bits per heavy atom. The van der Waals surface area contributed by atoms with E-state index in [2.05, 4.69) is 10.6 Å². The number of amides is 2. The highest BCUT2D eigenvalue weighted by Crippen LogP contribution is 2.33. The minimum atomic E-state index is -4.59. The standard InChI is InChI=1S/C15H16ClF3N2O4/c1-8(25-13(23)5-6-20-9(2)22)14(24)21-12-7-10(15(17,18)19)3-4-11(12)16/h3-4,7-8H,5-6H2,1-2H3,(H,20,22)(H,21,24)/t8-/m0/s1. The van der Waals surface area contributed by atoms with Gasteiger partial charge in [-0.15, -0.1) is 0 Å². The first-order valence-electron chi connectivity index (χ1n) is 7.12. The van der Waals surface area contributed by atoms with E-state index in [0.29, 0.717) is 6.07 Å². The summed E-state index contributed by atoms with van der Waals surface area (Å²) in [5.41, 5.74) is -1.23. The third kappa shape index (κ3) is 7.00. The number of halogens is 4. The van der Waals surface area contributed by atoms with Gasteiger partial charge in [0.05, 0.1) is 22.7 Å². The summed E-state index contributed by atoms with van der Waals surface area (Å²) in [4.78, 5) is 34.1. The Labute approximate surface area is 146 Å². The topological polar surface area (TPSA) is 84.5 Å². The molecule has 0 aromatic heterocycles. The van der Waals surface area contributed by atoms with Crippen molar-refractivity contribution < 1.29 is 32.3 Å². The molecule has 0 unspecified atom stereocenters. The van der Waals surface area contributed by atoms with E-state index in [4.69, 9.17) is 16.3 Å². The molecule has 138 valence electrons. The van der Waals surface area contributed by atoms with Gasteiger partial charge in [-0.25, -0.2) is 0 Å². The lowest BCUT2D eigenvalue weighted by Gasteiger charge is -2.15. The highest BCUT2D eigenvalue weighted by atomic mass is 35.5. The fourth-order valence-corrected chi connectivity index (χ4v) is 1.85. The Morgan fingerprint density at radius 3 is 2.48 bits per heavy atom. The van der Waals surface area contributed by atoms with Crippen LogP contribution in [-0.2, 0) is 25.3 Å². The molecule has 0 spiro atoms. The lowest BCUT2D eigenvalue weighted by atomic mass is 10.2. The van der Waals surface area contributed by atoms with E-state index in [1.165, 1.54) is 13.8 Å². The molecule has 2 amide bonds. The fraction of sp³-hybridized carbons (Fsp3) is 0.400. The maximum absolute atomic E-state index is 12.7. The Morgan fingerprint density at radius 1 is 1.28 bits per heavy atom. The number of carbonyl (C=O) groups is 3. The second-order valence-electron chi connectivity index (χ2n) is 5.05. The molecule has 6 nitrogen and oxygen atoms in total. The molecule has 0 bridgehead atoms. The molecule has 1 atom stereocenters. The van der Waals surface area contributed by atoms with Crippen LogP contribution in [0.5, 0.6) is 0 Å². The summed E-state index contributed by atoms with van der Waals surface area (Å²) < 4.78 is 42.9. The minimum Gasteiger partial charge on any atom is -0.452 e. The molecule has 0 heterocycles. The molecule has 0 aliphatic carbocycles. The van der Waals surface area contributed by atoms with Crippen LogP contribution in [0.4, 0.5) is 18.9 Å². The van der Waals surface area contributed by atoms with Crippen molar-refractivity contribution in [1.82, 2.24) is 5.32 Å². The number of hydrogen-bond acceptors (Lipinski definition) is 4. The number of alkyl halides is 3. The van der Waals surface area contributed by atoms with Crippen LogP contribution in [-0.4, -0.2) is 30.4 Å². The first-order chi connectivity index (χ1) is 11.5. The number of nitrogens with one attached hydrogen (secondary N) is 2. The van der Waals surface area contributed by atoms with Gasteiger partial charge >= 0.3 is 12.1 Å². The van der Waals surface area contributed by atoms with Gasteiger partial charge in [0.25, 0.3) is 5.91 Å². The largest absolute Gasteiger partial charge is 0.452 e. The van der Waals surface area contributed by atoms with E-state index >= 15 is 0 Å². The van der Waals surface area contributed by atoms with Gasteiger partial charge in [-0.1, -0.05) is 11.6 Å². The van der Waals surface area contributed by atoms with E-state index in [-0.39, 0.29) is 29.6 Å². The molecule has 1 rings (SSSR count). The Kier molecular flexibility index (Phi) is 7.22. The number of hydrogen-bond donors (Lipinski definition) is 2. The van der Waals surface area contributed by atoms with Crippen molar-refractivity contribution in [2.45, 2.75) is 32.5 Å². The molecule has 0 aliphatic heterocycles. The van der Waals surface area contributed by atoms with Crippen molar-refractivity contribution in [1.29, 1.82) is 0 Å². The average Bonchev–Trinajstić information content (AvgIpc) is 2.47. The summed E-state index contributed by atoms with van der Waals surface area (Å²) in [7, 11) is 0. The van der Waals surface area contributed by atoms with E-state index in [1.807, 2.05) is 0 Å². The molecule has 0 saturated carbocycles. The number of rotatable bonds is 6. The van der Waals surface area contributed by atoms with Crippen molar-refractivity contribution >= 4 is 35.1 Å². The Balaban J connectivity index is 2.66. The van der Waals surface area contributed by atoms with Crippen LogP contribution in [0.25, 0.3) is 0 Å². The summed E-state index contributed by atoms with van der Waals surface area (Å²) in [5.74, 6) is -1.90. The van der Waals surface area contributed by atoms with Gasteiger partial charge < -0.3 is 15.4 Å². The highest BCUT2D eigenvalue weighted by molar-refractivity contribution is 6.33. The Bertz CT molecular complexity index is 665. The zero-order valence-corrected chi connectivity index (χ0v) is 14.1. The maximum atomic E-state index is 12.7. The summed E-state index contributed by atoms with van der Waals surface area (Å²) in [6.45, 7) is 2.58. The predicted octanol–water partition coefficient (Wildman–Crippen LogP) is 2.76. The monoisotopic (exact) mass is 380 g/mol. The van der Waals surface area contributed by atoms with Crippen LogP contribution in [0.2, 0.25) is 5.02 Å². The summed E-state index contributed by atoms with van der Waals surface area (Å²) >= 11 is 5.77. The van der Waals surface area contributed by atoms with Crippen molar-refractivity contribution in [3.63, 3.8) is 0 Å². The average molecular weight is 381 g/mol. The zero-order chi connectivity index (χ0) is 19.2.